The van der Waals surface area contributed by atoms with E-state index in [1.54, 1.807) is 13.0 Å². The second kappa shape index (κ2) is 6.71. The molecular formula is C12H10ClFN2O3. The second-order valence-corrected chi connectivity index (χ2v) is 3.82. The SMILES string of the molecule is CCOC(=O)c1cc(NC(=O)CC#N)c(F)cc1Cl. The fraction of sp³-hybridized carbons (Fsp3) is 0.250. The Bertz CT molecular complexity index is 555. The molecule has 0 spiro atoms. The molecule has 100 valence electrons. The highest BCUT2D eigenvalue weighted by Gasteiger charge is 2.17. The molecule has 0 unspecified atom stereocenters. The number of rotatable bonds is 4. The van der Waals surface area contributed by atoms with E-state index in [0.29, 0.717) is 0 Å². The molecule has 7 heteroatoms. The molecule has 0 saturated carbocycles. The van der Waals surface area contributed by atoms with Gasteiger partial charge in [-0.15, -0.1) is 0 Å². The molecule has 0 atom stereocenters. The van der Waals surface area contributed by atoms with Crippen molar-refractivity contribution in [3.63, 3.8) is 0 Å². The summed E-state index contributed by atoms with van der Waals surface area (Å²) in [5.74, 6) is -2.20. The van der Waals surface area contributed by atoms with Crippen LogP contribution in [0.5, 0.6) is 0 Å². The molecule has 0 fully saturated rings. The van der Waals surface area contributed by atoms with Gasteiger partial charge in [-0.05, 0) is 19.1 Å². The van der Waals surface area contributed by atoms with Crippen molar-refractivity contribution in [3.05, 3.63) is 28.5 Å². The van der Waals surface area contributed by atoms with E-state index in [1.165, 1.54) is 0 Å². The number of carbonyl (C=O) groups excluding carboxylic acids is 2. The number of carbonyl (C=O) groups is 2. The van der Waals surface area contributed by atoms with Crippen LogP contribution in [0.15, 0.2) is 12.1 Å². The summed E-state index contributed by atoms with van der Waals surface area (Å²) in [7, 11) is 0. The van der Waals surface area contributed by atoms with Crippen molar-refractivity contribution in [2.75, 3.05) is 11.9 Å². The van der Waals surface area contributed by atoms with Crippen LogP contribution < -0.4 is 5.32 Å². The van der Waals surface area contributed by atoms with E-state index < -0.39 is 24.1 Å². The molecule has 1 amide bonds. The Labute approximate surface area is 113 Å². The normalized spacial score (nSPS) is 9.58. The lowest BCUT2D eigenvalue weighted by atomic mass is 10.2. The number of nitrogens with one attached hydrogen (secondary N) is 1. The molecule has 0 aliphatic heterocycles. The largest absolute Gasteiger partial charge is 0.462 e. The van der Waals surface area contributed by atoms with Crippen molar-refractivity contribution >= 4 is 29.2 Å². The first kappa shape index (κ1) is 14.9. The van der Waals surface area contributed by atoms with Gasteiger partial charge < -0.3 is 10.1 Å². The van der Waals surface area contributed by atoms with E-state index in [0.717, 1.165) is 12.1 Å². The highest BCUT2D eigenvalue weighted by atomic mass is 35.5. The lowest BCUT2D eigenvalue weighted by Crippen LogP contribution is -2.13. The van der Waals surface area contributed by atoms with Crippen molar-refractivity contribution in [1.82, 2.24) is 0 Å². The minimum atomic E-state index is -0.802. The highest BCUT2D eigenvalue weighted by Crippen LogP contribution is 2.25. The molecule has 0 aliphatic rings. The zero-order valence-electron chi connectivity index (χ0n) is 10.00. The number of hydrogen-bond donors (Lipinski definition) is 1. The molecule has 1 rings (SSSR count). The molecule has 0 radical (unpaired) electrons. The Hall–Kier alpha value is -2.13. The molecular weight excluding hydrogens is 275 g/mol. The van der Waals surface area contributed by atoms with Gasteiger partial charge in [-0.25, -0.2) is 9.18 Å². The molecule has 0 aromatic heterocycles. The van der Waals surface area contributed by atoms with Crippen LogP contribution in [-0.4, -0.2) is 18.5 Å². The third kappa shape index (κ3) is 3.93. The van der Waals surface area contributed by atoms with Gasteiger partial charge in [0.25, 0.3) is 0 Å². The molecule has 1 aromatic carbocycles. The van der Waals surface area contributed by atoms with Gasteiger partial charge >= 0.3 is 5.97 Å². The van der Waals surface area contributed by atoms with Crippen LogP contribution in [-0.2, 0) is 9.53 Å². The number of halogens is 2. The number of esters is 1. The maximum absolute atomic E-state index is 13.5. The summed E-state index contributed by atoms with van der Waals surface area (Å²) in [5.41, 5.74) is -0.287. The Morgan fingerprint density at radius 1 is 1.53 bits per heavy atom. The predicted octanol–water partition coefficient (Wildman–Crippen LogP) is 2.51. The van der Waals surface area contributed by atoms with Crippen molar-refractivity contribution in [2.24, 2.45) is 0 Å². The van der Waals surface area contributed by atoms with Crippen LogP contribution in [0.4, 0.5) is 10.1 Å². The first-order chi connectivity index (χ1) is 8.99. The first-order valence-electron chi connectivity index (χ1n) is 5.32. The first-order valence-corrected chi connectivity index (χ1v) is 5.70. The second-order valence-electron chi connectivity index (χ2n) is 3.42. The minimum absolute atomic E-state index is 0.0582. The zero-order valence-corrected chi connectivity index (χ0v) is 10.8. The fourth-order valence-corrected chi connectivity index (χ4v) is 1.50. The van der Waals surface area contributed by atoms with Crippen molar-refractivity contribution in [3.8, 4) is 6.07 Å². The van der Waals surface area contributed by atoms with Crippen LogP contribution in [0.1, 0.15) is 23.7 Å². The molecule has 1 N–H and O–H groups in total. The fourth-order valence-electron chi connectivity index (χ4n) is 1.28. The van der Waals surface area contributed by atoms with E-state index in [-0.39, 0.29) is 22.9 Å². The van der Waals surface area contributed by atoms with Crippen LogP contribution >= 0.6 is 11.6 Å². The van der Waals surface area contributed by atoms with Gasteiger partial charge in [-0.2, -0.15) is 5.26 Å². The smallest absolute Gasteiger partial charge is 0.339 e. The number of ether oxygens (including phenoxy) is 1. The summed E-state index contributed by atoms with van der Waals surface area (Å²) in [6, 6.07) is 3.60. The van der Waals surface area contributed by atoms with Crippen LogP contribution in [0.3, 0.4) is 0 Å². The quantitative estimate of drug-likeness (QED) is 0.862. The average molecular weight is 285 g/mol. The van der Waals surface area contributed by atoms with Gasteiger partial charge in [-0.1, -0.05) is 11.6 Å². The summed E-state index contributed by atoms with van der Waals surface area (Å²) >= 11 is 5.72. The highest BCUT2D eigenvalue weighted by molar-refractivity contribution is 6.33. The molecule has 0 saturated heterocycles. The van der Waals surface area contributed by atoms with Gasteiger partial charge in [0, 0.05) is 0 Å². The van der Waals surface area contributed by atoms with E-state index in [2.05, 4.69) is 5.32 Å². The zero-order chi connectivity index (χ0) is 14.4. The Kier molecular flexibility index (Phi) is 5.27. The summed E-state index contributed by atoms with van der Waals surface area (Å²) < 4.78 is 18.3. The van der Waals surface area contributed by atoms with E-state index >= 15 is 0 Å². The predicted molar refractivity (Wildman–Crippen MR) is 66.2 cm³/mol. The number of amides is 1. The van der Waals surface area contributed by atoms with Crippen LogP contribution in [0, 0.1) is 17.1 Å². The standard InChI is InChI=1S/C12H10ClFN2O3/c1-2-19-12(18)7-5-10(9(14)6-8(7)13)16-11(17)3-4-15/h5-6H,2-3H2,1H3,(H,16,17). The van der Waals surface area contributed by atoms with Crippen molar-refractivity contribution < 1.29 is 18.7 Å². The molecule has 1 aromatic rings. The summed E-state index contributed by atoms with van der Waals surface area (Å²) in [6.45, 7) is 1.76. The van der Waals surface area contributed by atoms with Gasteiger partial charge in [0.15, 0.2) is 0 Å². The Balaban J connectivity index is 3.06. The Morgan fingerprint density at radius 2 is 2.21 bits per heavy atom. The number of anilines is 1. The van der Waals surface area contributed by atoms with Gasteiger partial charge in [0.05, 0.1) is 28.9 Å². The van der Waals surface area contributed by atoms with Crippen molar-refractivity contribution in [1.29, 1.82) is 5.26 Å². The number of nitriles is 1. The average Bonchev–Trinajstić information content (AvgIpc) is 2.33. The third-order valence-corrected chi connectivity index (χ3v) is 2.38. The minimum Gasteiger partial charge on any atom is -0.462 e. The number of hydrogen-bond acceptors (Lipinski definition) is 4. The third-order valence-electron chi connectivity index (χ3n) is 2.07. The molecule has 0 heterocycles. The van der Waals surface area contributed by atoms with Crippen LogP contribution in [0.2, 0.25) is 5.02 Å². The topological polar surface area (TPSA) is 79.2 Å². The monoisotopic (exact) mass is 284 g/mol. The van der Waals surface area contributed by atoms with E-state index in [1.807, 2.05) is 0 Å². The molecule has 5 nitrogen and oxygen atoms in total. The van der Waals surface area contributed by atoms with Gasteiger partial charge in [0.2, 0.25) is 5.91 Å². The number of nitrogens with zero attached hydrogens (tertiary/aromatic N) is 1. The van der Waals surface area contributed by atoms with Gasteiger partial charge in [0.1, 0.15) is 12.2 Å². The summed E-state index contributed by atoms with van der Waals surface area (Å²) in [6.07, 6.45) is -0.420. The molecule has 0 aliphatic carbocycles. The maximum atomic E-state index is 13.5. The number of benzene rings is 1. The Morgan fingerprint density at radius 3 is 2.79 bits per heavy atom. The summed E-state index contributed by atoms with van der Waals surface area (Å²) in [4.78, 5) is 22.8. The van der Waals surface area contributed by atoms with E-state index in [9.17, 15) is 14.0 Å². The van der Waals surface area contributed by atoms with Crippen LogP contribution in [0.25, 0.3) is 0 Å². The van der Waals surface area contributed by atoms with E-state index in [4.69, 9.17) is 21.6 Å². The lowest BCUT2D eigenvalue weighted by molar-refractivity contribution is -0.115. The molecule has 19 heavy (non-hydrogen) atoms. The molecule has 0 bridgehead atoms. The maximum Gasteiger partial charge on any atom is 0.339 e. The van der Waals surface area contributed by atoms with Crippen molar-refractivity contribution in [2.45, 2.75) is 13.3 Å². The van der Waals surface area contributed by atoms with Gasteiger partial charge in [-0.3, -0.25) is 4.79 Å². The lowest BCUT2D eigenvalue weighted by Gasteiger charge is -2.09. The summed E-state index contributed by atoms with van der Waals surface area (Å²) in [5, 5.41) is 10.4.